The number of nitrogens with zero attached hydrogens (tertiary/aromatic N) is 1. The molecule has 21 heavy (non-hydrogen) atoms. The van der Waals surface area contributed by atoms with Crippen LogP contribution in [0.2, 0.25) is 0 Å². The molecular formula is C16H22FNO3. The fraction of sp³-hybridized carbons (Fsp3) is 0.562. The van der Waals surface area contributed by atoms with Crippen molar-refractivity contribution in [3.8, 4) is 0 Å². The van der Waals surface area contributed by atoms with Gasteiger partial charge in [0.2, 0.25) is 5.67 Å². The van der Waals surface area contributed by atoms with E-state index in [9.17, 15) is 9.18 Å². The first-order valence-electron chi connectivity index (χ1n) is 7.14. The average molecular weight is 295 g/mol. The van der Waals surface area contributed by atoms with Crippen LogP contribution in [0.5, 0.6) is 0 Å². The number of rotatable bonds is 6. The number of ether oxygens (including phenoxy) is 2. The lowest BCUT2D eigenvalue weighted by atomic mass is 10.0. The van der Waals surface area contributed by atoms with Gasteiger partial charge in [0.05, 0.1) is 0 Å². The molecule has 4 nitrogen and oxygen atoms in total. The zero-order chi connectivity index (χ0) is 15.3. The van der Waals surface area contributed by atoms with E-state index in [2.05, 4.69) is 0 Å². The molecule has 5 heteroatoms. The van der Waals surface area contributed by atoms with E-state index in [0.29, 0.717) is 13.0 Å². The summed E-state index contributed by atoms with van der Waals surface area (Å²) in [7, 11) is 3.44. The van der Waals surface area contributed by atoms with Crippen LogP contribution in [-0.2, 0) is 20.9 Å². The number of halogens is 1. The lowest BCUT2D eigenvalue weighted by Crippen LogP contribution is -2.37. The van der Waals surface area contributed by atoms with Gasteiger partial charge in [-0.25, -0.2) is 9.18 Å². The number of likely N-dealkylation sites (tertiary alicyclic amines) is 1. The van der Waals surface area contributed by atoms with Gasteiger partial charge in [0.25, 0.3) is 0 Å². The first kappa shape index (κ1) is 15.9. The topological polar surface area (TPSA) is 38.8 Å². The maximum Gasteiger partial charge on any atom is 0.345 e. The number of carbonyl (C=O) groups excluding carboxylic acids is 1. The van der Waals surface area contributed by atoms with Crippen molar-refractivity contribution in [1.29, 1.82) is 0 Å². The van der Waals surface area contributed by atoms with Crippen LogP contribution < -0.4 is 0 Å². The van der Waals surface area contributed by atoms with Gasteiger partial charge in [0.1, 0.15) is 6.61 Å². The number of hydrogen-bond acceptors (Lipinski definition) is 4. The molecule has 0 aliphatic carbocycles. The monoisotopic (exact) mass is 295 g/mol. The molecule has 0 N–H and O–H groups in total. The number of benzene rings is 1. The molecule has 0 saturated carbocycles. The Kier molecular flexibility index (Phi) is 5.31. The van der Waals surface area contributed by atoms with Crippen molar-refractivity contribution in [1.82, 2.24) is 4.90 Å². The molecule has 1 aromatic rings. The van der Waals surface area contributed by atoms with Crippen LogP contribution in [-0.4, -0.2) is 49.9 Å². The summed E-state index contributed by atoms with van der Waals surface area (Å²) in [6.07, 6.45) is 0.880. The van der Waals surface area contributed by atoms with Crippen molar-refractivity contribution >= 4 is 5.97 Å². The molecule has 0 spiro atoms. The molecule has 0 bridgehead atoms. The van der Waals surface area contributed by atoms with Gasteiger partial charge in [-0.15, -0.1) is 0 Å². The summed E-state index contributed by atoms with van der Waals surface area (Å²) >= 11 is 0. The zero-order valence-corrected chi connectivity index (χ0v) is 12.5. The standard InChI is InChI=1S/C16H22FNO3/c1-18-12-16(17,10-14(18)8-9-20-2)15(19)21-11-13-6-4-3-5-7-13/h3-7,14H,8-12H2,1-2H3/t14-,16?/m0/s1. The van der Waals surface area contributed by atoms with Crippen molar-refractivity contribution < 1.29 is 18.7 Å². The van der Waals surface area contributed by atoms with Crippen molar-refractivity contribution in [2.75, 3.05) is 27.3 Å². The van der Waals surface area contributed by atoms with E-state index >= 15 is 0 Å². The van der Waals surface area contributed by atoms with Gasteiger partial charge in [-0.05, 0) is 19.0 Å². The van der Waals surface area contributed by atoms with Gasteiger partial charge in [0.15, 0.2) is 0 Å². The fourth-order valence-electron chi connectivity index (χ4n) is 2.69. The smallest absolute Gasteiger partial charge is 0.345 e. The van der Waals surface area contributed by atoms with E-state index < -0.39 is 11.6 Å². The lowest BCUT2D eigenvalue weighted by Gasteiger charge is -2.17. The van der Waals surface area contributed by atoms with Gasteiger partial charge in [0, 0.05) is 32.7 Å². The first-order valence-corrected chi connectivity index (χ1v) is 7.14. The van der Waals surface area contributed by atoms with E-state index in [0.717, 1.165) is 5.56 Å². The number of hydrogen-bond donors (Lipinski definition) is 0. The normalized spacial score (nSPS) is 26.0. The lowest BCUT2D eigenvalue weighted by molar-refractivity contribution is -0.158. The van der Waals surface area contributed by atoms with Crippen molar-refractivity contribution in [2.24, 2.45) is 0 Å². The molecule has 1 fully saturated rings. The van der Waals surface area contributed by atoms with Gasteiger partial charge in [-0.2, -0.15) is 0 Å². The summed E-state index contributed by atoms with van der Waals surface area (Å²) < 4.78 is 24.9. The van der Waals surface area contributed by atoms with Crippen molar-refractivity contribution in [3.05, 3.63) is 35.9 Å². The van der Waals surface area contributed by atoms with Gasteiger partial charge in [-0.3, -0.25) is 4.90 Å². The predicted octanol–water partition coefficient (Wildman–Crippen LogP) is 2.18. The Bertz CT molecular complexity index is 468. The highest BCUT2D eigenvalue weighted by atomic mass is 19.1. The molecule has 1 aromatic carbocycles. The maximum absolute atomic E-state index is 14.8. The van der Waals surface area contributed by atoms with E-state index in [1.165, 1.54) is 0 Å². The van der Waals surface area contributed by atoms with Crippen LogP contribution in [0.25, 0.3) is 0 Å². The summed E-state index contributed by atoms with van der Waals surface area (Å²) in [5.41, 5.74) is -1.06. The van der Waals surface area contributed by atoms with E-state index in [1.807, 2.05) is 42.3 Å². The van der Waals surface area contributed by atoms with Crippen molar-refractivity contribution in [3.63, 3.8) is 0 Å². The highest BCUT2D eigenvalue weighted by molar-refractivity contribution is 5.80. The van der Waals surface area contributed by atoms with Crippen molar-refractivity contribution in [2.45, 2.75) is 31.2 Å². The Hall–Kier alpha value is -1.46. The van der Waals surface area contributed by atoms with E-state index in [-0.39, 0.29) is 25.6 Å². The van der Waals surface area contributed by atoms with Crippen LogP contribution in [0, 0.1) is 0 Å². The number of methoxy groups -OCH3 is 1. The highest BCUT2D eigenvalue weighted by Crippen LogP contribution is 2.32. The summed E-state index contributed by atoms with van der Waals surface area (Å²) in [5.74, 6) is -0.766. The Morgan fingerprint density at radius 2 is 2.14 bits per heavy atom. The second-order valence-corrected chi connectivity index (χ2v) is 5.58. The third-order valence-electron chi connectivity index (χ3n) is 3.92. The molecular weight excluding hydrogens is 273 g/mol. The summed E-state index contributed by atoms with van der Waals surface area (Å²) in [6, 6.07) is 9.31. The largest absolute Gasteiger partial charge is 0.458 e. The Labute approximate surface area is 124 Å². The van der Waals surface area contributed by atoms with Gasteiger partial charge < -0.3 is 9.47 Å². The van der Waals surface area contributed by atoms with E-state index in [4.69, 9.17) is 9.47 Å². The Morgan fingerprint density at radius 1 is 1.43 bits per heavy atom. The Morgan fingerprint density at radius 3 is 2.81 bits per heavy atom. The SMILES string of the molecule is COCC[C@H]1CC(F)(C(=O)OCc2ccccc2)CN1C. The quantitative estimate of drug-likeness (QED) is 0.754. The summed E-state index contributed by atoms with van der Waals surface area (Å²) in [4.78, 5) is 13.9. The molecule has 1 saturated heterocycles. The average Bonchev–Trinajstić information content (AvgIpc) is 2.79. The van der Waals surface area contributed by atoms with Gasteiger partial charge >= 0.3 is 5.97 Å². The first-order chi connectivity index (χ1) is 10.0. The molecule has 0 radical (unpaired) electrons. The second kappa shape index (κ2) is 7.00. The molecule has 0 aromatic heterocycles. The number of esters is 1. The predicted molar refractivity (Wildman–Crippen MR) is 77.6 cm³/mol. The minimum absolute atomic E-state index is 0.0132. The second-order valence-electron chi connectivity index (χ2n) is 5.58. The molecule has 2 atom stereocenters. The molecule has 1 unspecified atom stereocenters. The summed E-state index contributed by atoms with van der Waals surface area (Å²) in [5, 5.41) is 0. The molecule has 1 heterocycles. The van der Waals surface area contributed by atoms with Crippen LogP contribution in [0.15, 0.2) is 30.3 Å². The molecule has 2 rings (SSSR count). The molecule has 1 aliphatic rings. The van der Waals surface area contributed by atoms with Crippen LogP contribution in [0.4, 0.5) is 4.39 Å². The number of carbonyl (C=O) groups is 1. The van der Waals surface area contributed by atoms with Crippen LogP contribution in [0.1, 0.15) is 18.4 Å². The van der Waals surface area contributed by atoms with Crippen LogP contribution in [0.3, 0.4) is 0 Å². The Balaban J connectivity index is 1.89. The fourth-order valence-corrected chi connectivity index (χ4v) is 2.69. The van der Waals surface area contributed by atoms with E-state index in [1.54, 1.807) is 7.11 Å². The third kappa shape index (κ3) is 4.02. The molecule has 0 amide bonds. The van der Waals surface area contributed by atoms with Crippen LogP contribution >= 0.6 is 0 Å². The minimum atomic E-state index is -1.91. The molecule has 1 aliphatic heterocycles. The minimum Gasteiger partial charge on any atom is -0.458 e. The summed E-state index contributed by atoms with van der Waals surface area (Å²) in [6.45, 7) is 0.747. The third-order valence-corrected chi connectivity index (χ3v) is 3.92. The highest BCUT2D eigenvalue weighted by Gasteiger charge is 2.49. The zero-order valence-electron chi connectivity index (χ0n) is 12.5. The van der Waals surface area contributed by atoms with Gasteiger partial charge in [-0.1, -0.05) is 30.3 Å². The molecule has 116 valence electrons. The maximum atomic E-state index is 14.8. The number of alkyl halides is 1.